The number of halogens is 1. The van der Waals surface area contributed by atoms with Crippen molar-refractivity contribution in [3.05, 3.63) is 68.7 Å². The van der Waals surface area contributed by atoms with E-state index >= 15 is 0 Å². The van der Waals surface area contributed by atoms with Crippen molar-refractivity contribution in [2.24, 2.45) is 0 Å². The summed E-state index contributed by atoms with van der Waals surface area (Å²) in [6.07, 6.45) is 0.0769. The third kappa shape index (κ3) is 5.60. The van der Waals surface area contributed by atoms with E-state index < -0.39 is 5.92 Å². The van der Waals surface area contributed by atoms with Crippen molar-refractivity contribution in [1.82, 2.24) is 10.6 Å². The van der Waals surface area contributed by atoms with Gasteiger partial charge in [0.1, 0.15) is 0 Å². The van der Waals surface area contributed by atoms with Crippen molar-refractivity contribution in [3.63, 3.8) is 0 Å². The number of nitriles is 1. The number of amides is 2. The number of phenolic OH excluding ortho intramolecular Hbond substituents is 1. The Labute approximate surface area is 192 Å². The number of ether oxygens (including phenoxy) is 1. The number of aromatic hydroxyl groups is 1. The van der Waals surface area contributed by atoms with E-state index in [2.05, 4.69) is 32.6 Å². The number of carbonyl (C=O) groups excluding carboxylic acids is 2. The Morgan fingerprint density at radius 3 is 2.81 bits per heavy atom. The number of hydrogen-bond donors (Lipinski definition) is 3. The standard InChI is InChI=1S/C22H20BrN3O4S/c1-30-18-8-14(7-17(23)21(18)29)15-9-19(27)26-22(16(15)10-24)31-12-20(28)25-11-13-5-3-2-4-6-13/h2-8,15,29H,9,11-12H2,1H3,(H,25,28)(H,26,27). The quantitative estimate of drug-likeness (QED) is 0.534. The molecule has 1 aliphatic rings. The van der Waals surface area contributed by atoms with Crippen molar-refractivity contribution in [3.8, 4) is 17.6 Å². The normalized spacial score (nSPS) is 15.8. The molecule has 1 aliphatic heterocycles. The summed E-state index contributed by atoms with van der Waals surface area (Å²) in [7, 11) is 1.43. The third-order valence-electron chi connectivity index (χ3n) is 4.71. The molecule has 0 saturated carbocycles. The van der Waals surface area contributed by atoms with Crippen LogP contribution in [-0.2, 0) is 16.1 Å². The fourth-order valence-electron chi connectivity index (χ4n) is 3.15. The topological polar surface area (TPSA) is 111 Å². The molecule has 160 valence electrons. The summed E-state index contributed by atoms with van der Waals surface area (Å²) in [5, 5.41) is 25.7. The highest BCUT2D eigenvalue weighted by Gasteiger charge is 2.31. The van der Waals surface area contributed by atoms with Crippen LogP contribution in [0.3, 0.4) is 0 Å². The largest absolute Gasteiger partial charge is 0.503 e. The molecule has 9 heteroatoms. The van der Waals surface area contributed by atoms with E-state index in [0.29, 0.717) is 27.2 Å². The van der Waals surface area contributed by atoms with Gasteiger partial charge in [0.25, 0.3) is 0 Å². The molecule has 3 rings (SSSR count). The van der Waals surface area contributed by atoms with Gasteiger partial charge in [-0.25, -0.2) is 0 Å². The molecule has 1 heterocycles. The van der Waals surface area contributed by atoms with Gasteiger partial charge in [0.05, 0.1) is 34.0 Å². The number of benzene rings is 2. The number of nitrogens with one attached hydrogen (secondary N) is 2. The Hall–Kier alpha value is -2.96. The summed E-state index contributed by atoms with van der Waals surface area (Å²) >= 11 is 4.39. The summed E-state index contributed by atoms with van der Waals surface area (Å²) < 4.78 is 5.59. The highest BCUT2D eigenvalue weighted by atomic mass is 79.9. The van der Waals surface area contributed by atoms with Crippen molar-refractivity contribution < 1.29 is 19.4 Å². The molecule has 1 atom stereocenters. The van der Waals surface area contributed by atoms with E-state index in [9.17, 15) is 20.0 Å². The van der Waals surface area contributed by atoms with E-state index in [1.165, 1.54) is 7.11 Å². The van der Waals surface area contributed by atoms with Crippen LogP contribution in [0.15, 0.2) is 57.5 Å². The van der Waals surface area contributed by atoms with Gasteiger partial charge in [0, 0.05) is 18.9 Å². The molecule has 2 aromatic rings. The van der Waals surface area contributed by atoms with Crippen molar-refractivity contribution >= 4 is 39.5 Å². The zero-order valence-electron chi connectivity index (χ0n) is 16.6. The molecule has 3 N–H and O–H groups in total. The summed E-state index contributed by atoms with van der Waals surface area (Å²) in [5.41, 5.74) is 2.00. The number of allylic oxidation sites excluding steroid dienone is 1. The Kier molecular flexibility index (Phi) is 7.60. The predicted molar refractivity (Wildman–Crippen MR) is 121 cm³/mol. The number of phenols is 1. The van der Waals surface area contributed by atoms with E-state index in [4.69, 9.17) is 4.74 Å². The van der Waals surface area contributed by atoms with E-state index in [1.807, 2.05) is 30.3 Å². The number of nitrogens with zero attached hydrogens (tertiary/aromatic N) is 1. The summed E-state index contributed by atoms with van der Waals surface area (Å²) in [5.74, 6) is -0.730. The Morgan fingerprint density at radius 2 is 2.13 bits per heavy atom. The van der Waals surface area contributed by atoms with Crippen LogP contribution in [0.4, 0.5) is 0 Å². The highest BCUT2D eigenvalue weighted by Crippen LogP contribution is 2.42. The number of carbonyl (C=O) groups is 2. The number of methoxy groups -OCH3 is 1. The van der Waals surface area contributed by atoms with E-state index in [1.54, 1.807) is 12.1 Å². The third-order valence-corrected chi connectivity index (χ3v) is 6.33. The van der Waals surface area contributed by atoms with Crippen molar-refractivity contribution in [2.75, 3.05) is 12.9 Å². The van der Waals surface area contributed by atoms with Crippen molar-refractivity contribution in [1.29, 1.82) is 5.26 Å². The van der Waals surface area contributed by atoms with Gasteiger partial charge in [-0.2, -0.15) is 5.26 Å². The zero-order valence-corrected chi connectivity index (χ0v) is 19.0. The average Bonchev–Trinajstić information content (AvgIpc) is 2.78. The van der Waals surface area contributed by atoms with Crippen LogP contribution in [0.25, 0.3) is 0 Å². The average molecular weight is 502 g/mol. The second-order valence-electron chi connectivity index (χ2n) is 6.76. The van der Waals surface area contributed by atoms with Gasteiger partial charge in [-0.05, 0) is 39.2 Å². The smallest absolute Gasteiger partial charge is 0.230 e. The number of hydrogen-bond acceptors (Lipinski definition) is 6. The van der Waals surface area contributed by atoms with Gasteiger partial charge < -0.3 is 20.5 Å². The van der Waals surface area contributed by atoms with Crippen LogP contribution in [0.1, 0.15) is 23.5 Å². The summed E-state index contributed by atoms with van der Waals surface area (Å²) in [4.78, 5) is 24.6. The van der Waals surface area contributed by atoms with Gasteiger partial charge >= 0.3 is 0 Å². The van der Waals surface area contributed by atoms with Crippen LogP contribution >= 0.6 is 27.7 Å². The first-order valence-corrected chi connectivity index (χ1v) is 11.1. The molecule has 2 amide bonds. The lowest BCUT2D eigenvalue weighted by atomic mass is 9.87. The van der Waals surface area contributed by atoms with Gasteiger partial charge in [-0.15, -0.1) is 0 Å². The molecule has 0 aliphatic carbocycles. The molecule has 7 nitrogen and oxygen atoms in total. The van der Waals surface area contributed by atoms with E-state index in [0.717, 1.165) is 17.3 Å². The molecule has 0 aromatic heterocycles. The predicted octanol–water partition coefficient (Wildman–Crippen LogP) is 3.55. The van der Waals surface area contributed by atoms with Crippen LogP contribution in [0.2, 0.25) is 0 Å². The minimum Gasteiger partial charge on any atom is -0.503 e. The van der Waals surface area contributed by atoms with Crippen LogP contribution in [0.5, 0.6) is 11.5 Å². The zero-order chi connectivity index (χ0) is 22.4. The lowest BCUT2D eigenvalue weighted by molar-refractivity contribution is -0.121. The first-order valence-electron chi connectivity index (χ1n) is 9.36. The maximum absolute atomic E-state index is 12.3. The molecule has 0 fully saturated rings. The van der Waals surface area contributed by atoms with Crippen LogP contribution < -0.4 is 15.4 Å². The molecule has 2 aromatic carbocycles. The monoisotopic (exact) mass is 501 g/mol. The first-order chi connectivity index (χ1) is 14.9. The SMILES string of the molecule is COc1cc(C2CC(=O)NC(SCC(=O)NCc3ccccc3)=C2C#N)cc(Br)c1O. The lowest BCUT2D eigenvalue weighted by Gasteiger charge is -2.25. The maximum atomic E-state index is 12.3. The van der Waals surface area contributed by atoms with Crippen LogP contribution in [-0.4, -0.2) is 29.8 Å². The molecule has 0 saturated heterocycles. The summed E-state index contributed by atoms with van der Waals surface area (Å²) in [6.45, 7) is 0.403. The van der Waals surface area contributed by atoms with Gasteiger partial charge in [0.2, 0.25) is 11.8 Å². The molecular weight excluding hydrogens is 482 g/mol. The molecule has 31 heavy (non-hydrogen) atoms. The summed E-state index contributed by atoms with van der Waals surface area (Å²) in [6, 6.07) is 15.0. The fraction of sp³-hybridized carbons (Fsp3) is 0.227. The van der Waals surface area contributed by atoms with Crippen molar-refractivity contribution in [2.45, 2.75) is 18.9 Å². The van der Waals surface area contributed by atoms with Gasteiger partial charge in [-0.1, -0.05) is 42.1 Å². The molecule has 0 radical (unpaired) electrons. The van der Waals surface area contributed by atoms with Gasteiger partial charge in [0.15, 0.2) is 11.5 Å². The second-order valence-corrected chi connectivity index (χ2v) is 8.60. The second kappa shape index (κ2) is 10.4. The minimum atomic E-state index is -0.514. The number of thioether (sulfide) groups is 1. The molecular formula is C22H20BrN3O4S. The first kappa shape index (κ1) is 22.7. The minimum absolute atomic E-state index is 0.0568. The number of rotatable bonds is 7. The highest BCUT2D eigenvalue weighted by molar-refractivity contribution is 9.10. The maximum Gasteiger partial charge on any atom is 0.230 e. The van der Waals surface area contributed by atoms with E-state index in [-0.39, 0.29) is 35.5 Å². The molecule has 0 bridgehead atoms. The molecule has 0 spiro atoms. The molecule has 1 unspecified atom stereocenters. The van der Waals surface area contributed by atoms with Gasteiger partial charge in [-0.3, -0.25) is 9.59 Å². The van der Waals surface area contributed by atoms with Crippen LogP contribution in [0, 0.1) is 11.3 Å². The fourth-order valence-corrected chi connectivity index (χ4v) is 4.52. The lowest BCUT2D eigenvalue weighted by Crippen LogP contribution is -2.32. The Bertz CT molecular complexity index is 1070. The Morgan fingerprint density at radius 1 is 1.39 bits per heavy atom. The Balaban J connectivity index is 1.76.